The molecule has 2 aliphatic rings. The molecule has 0 bridgehead atoms. The summed E-state index contributed by atoms with van der Waals surface area (Å²) in [5, 5.41) is 0. The van der Waals surface area contributed by atoms with Crippen molar-refractivity contribution in [3.05, 3.63) is 23.4 Å². The van der Waals surface area contributed by atoms with Gasteiger partial charge >= 0.3 is 0 Å². The lowest BCUT2D eigenvalue weighted by molar-refractivity contribution is -0.113. The van der Waals surface area contributed by atoms with Gasteiger partial charge in [-0.3, -0.25) is 4.79 Å². The summed E-state index contributed by atoms with van der Waals surface area (Å²) in [5.74, 6) is -0.162. The second-order valence-corrected chi connectivity index (χ2v) is 3.36. The molecule has 0 aromatic heterocycles. The number of hydrogen-bond acceptors (Lipinski definition) is 2. The van der Waals surface area contributed by atoms with E-state index in [1.807, 2.05) is 6.08 Å². The van der Waals surface area contributed by atoms with Crippen LogP contribution in [0.25, 0.3) is 0 Å². The third-order valence-electron chi connectivity index (χ3n) is 2.44. The largest absolute Gasteiger partial charge is 0.377 e. The van der Waals surface area contributed by atoms with E-state index >= 15 is 0 Å². The third-order valence-corrected chi connectivity index (χ3v) is 2.44. The molecule has 3 nitrogen and oxygen atoms in total. The minimum absolute atomic E-state index is 0.162. The number of rotatable bonds is 0. The first-order valence-electron chi connectivity index (χ1n) is 4.48. The van der Waals surface area contributed by atoms with Gasteiger partial charge in [0, 0.05) is 37.2 Å². The van der Waals surface area contributed by atoms with Crippen LogP contribution in [0.2, 0.25) is 0 Å². The fourth-order valence-electron chi connectivity index (χ4n) is 1.73. The minimum Gasteiger partial charge on any atom is -0.377 e. The number of aliphatic imine (C=N–C) groups is 1. The average Bonchev–Trinajstić information content (AvgIpc) is 2.53. The van der Waals surface area contributed by atoms with Gasteiger partial charge in [-0.05, 0) is 18.9 Å². The topological polar surface area (TPSA) is 32.7 Å². The predicted molar refractivity (Wildman–Crippen MR) is 51.5 cm³/mol. The van der Waals surface area contributed by atoms with Gasteiger partial charge in [0.05, 0.1) is 0 Å². The highest BCUT2D eigenvalue weighted by Crippen LogP contribution is 2.23. The number of allylic oxidation sites excluding steroid dienone is 3. The first kappa shape index (κ1) is 8.23. The first-order chi connectivity index (χ1) is 6.27. The molecule has 2 rings (SSSR count). The number of hydrogen-bond donors (Lipinski definition) is 0. The van der Waals surface area contributed by atoms with Gasteiger partial charge in [0.15, 0.2) is 0 Å². The molecule has 1 amide bonds. The lowest BCUT2D eigenvalue weighted by Crippen LogP contribution is -2.13. The molecule has 0 atom stereocenters. The highest BCUT2D eigenvalue weighted by atomic mass is 16.1. The Kier molecular flexibility index (Phi) is 2.00. The summed E-state index contributed by atoms with van der Waals surface area (Å²) in [6.07, 6.45) is 7.34. The molecule has 0 N–H and O–H groups in total. The van der Waals surface area contributed by atoms with Crippen molar-refractivity contribution < 1.29 is 4.79 Å². The van der Waals surface area contributed by atoms with E-state index < -0.39 is 0 Å². The minimum atomic E-state index is -0.162. The van der Waals surface area contributed by atoms with Crippen molar-refractivity contribution >= 4 is 12.1 Å². The zero-order chi connectivity index (χ0) is 9.26. The summed E-state index contributed by atoms with van der Waals surface area (Å²) in [6, 6.07) is 0. The van der Waals surface area contributed by atoms with Crippen LogP contribution in [0.1, 0.15) is 12.8 Å². The maximum absolute atomic E-state index is 10.8. The predicted octanol–water partition coefficient (Wildman–Crippen LogP) is 1.13. The molecule has 3 heteroatoms. The van der Waals surface area contributed by atoms with Gasteiger partial charge in [0.2, 0.25) is 0 Å². The smallest absolute Gasteiger partial charge is 0.269 e. The molecule has 2 heterocycles. The average molecular weight is 176 g/mol. The van der Waals surface area contributed by atoms with Gasteiger partial charge in [0.25, 0.3) is 5.91 Å². The Hall–Kier alpha value is -1.38. The molecule has 68 valence electrons. The van der Waals surface area contributed by atoms with Gasteiger partial charge in [0.1, 0.15) is 0 Å². The van der Waals surface area contributed by atoms with E-state index in [4.69, 9.17) is 0 Å². The Labute approximate surface area is 77.4 Å². The van der Waals surface area contributed by atoms with E-state index in [9.17, 15) is 4.79 Å². The SMILES string of the molecule is CN1CCCC1=C1C=CC(=O)N=C1. The number of carbonyl (C=O) groups is 1. The van der Waals surface area contributed by atoms with Crippen LogP contribution in [0.15, 0.2) is 28.4 Å². The first-order valence-corrected chi connectivity index (χ1v) is 4.48. The number of nitrogens with zero attached hydrogens (tertiary/aromatic N) is 2. The Morgan fingerprint density at radius 1 is 1.46 bits per heavy atom. The number of carbonyl (C=O) groups excluding carboxylic acids is 1. The van der Waals surface area contributed by atoms with Gasteiger partial charge in [-0.15, -0.1) is 0 Å². The Balaban J connectivity index is 2.29. The van der Waals surface area contributed by atoms with E-state index in [0.29, 0.717) is 0 Å². The van der Waals surface area contributed by atoms with Crippen LogP contribution < -0.4 is 0 Å². The van der Waals surface area contributed by atoms with Crippen LogP contribution in [0.3, 0.4) is 0 Å². The van der Waals surface area contributed by atoms with Gasteiger partial charge in [-0.1, -0.05) is 0 Å². The van der Waals surface area contributed by atoms with Crippen molar-refractivity contribution in [2.75, 3.05) is 13.6 Å². The molecule has 13 heavy (non-hydrogen) atoms. The van der Waals surface area contributed by atoms with E-state index in [1.165, 1.54) is 18.2 Å². The molecular weight excluding hydrogens is 164 g/mol. The summed E-state index contributed by atoms with van der Waals surface area (Å²) >= 11 is 0. The van der Waals surface area contributed by atoms with Crippen LogP contribution in [0.4, 0.5) is 0 Å². The Morgan fingerprint density at radius 2 is 2.31 bits per heavy atom. The summed E-state index contributed by atoms with van der Waals surface area (Å²) in [6.45, 7) is 1.11. The lowest BCUT2D eigenvalue weighted by Gasteiger charge is -2.15. The van der Waals surface area contributed by atoms with Crippen molar-refractivity contribution in [3.63, 3.8) is 0 Å². The third kappa shape index (κ3) is 1.54. The molecule has 0 aromatic carbocycles. The molecule has 0 radical (unpaired) electrons. The number of dihydropyridines is 1. The van der Waals surface area contributed by atoms with Crippen molar-refractivity contribution in [3.8, 4) is 0 Å². The second kappa shape index (κ2) is 3.17. The highest BCUT2D eigenvalue weighted by Gasteiger charge is 2.16. The molecule has 0 saturated carbocycles. The van der Waals surface area contributed by atoms with Crippen molar-refractivity contribution in [2.45, 2.75) is 12.8 Å². The quantitative estimate of drug-likeness (QED) is 0.554. The van der Waals surface area contributed by atoms with E-state index in [0.717, 1.165) is 18.5 Å². The monoisotopic (exact) mass is 176 g/mol. The van der Waals surface area contributed by atoms with Crippen LogP contribution in [-0.2, 0) is 4.79 Å². The summed E-state index contributed by atoms with van der Waals surface area (Å²) in [4.78, 5) is 16.8. The summed E-state index contributed by atoms with van der Waals surface area (Å²) in [7, 11) is 2.08. The van der Waals surface area contributed by atoms with Gasteiger partial charge in [-0.2, -0.15) is 0 Å². The van der Waals surface area contributed by atoms with Crippen molar-refractivity contribution in [2.24, 2.45) is 4.99 Å². The summed E-state index contributed by atoms with van der Waals surface area (Å²) in [5.41, 5.74) is 2.38. The van der Waals surface area contributed by atoms with Crippen molar-refractivity contribution in [1.29, 1.82) is 0 Å². The Morgan fingerprint density at radius 3 is 2.85 bits per heavy atom. The van der Waals surface area contributed by atoms with Crippen LogP contribution in [0.5, 0.6) is 0 Å². The second-order valence-electron chi connectivity index (χ2n) is 3.36. The Bertz CT molecular complexity index is 308. The van der Waals surface area contributed by atoms with Crippen LogP contribution in [0, 0.1) is 0 Å². The van der Waals surface area contributed by atoms with Crippen LogP contribution in [-0.4, -0.2) is 30.6 Å². The van der Waals surface area contributed by atoms with E-state index in [-0.39, 0.29) is 5.91 Å². The number of likely N-dealkylation sites (tertiary alicyclic amines) is 1. The lowest BCUT2D eigenvalue weighted by atomic mass is 10.1. The molecule has 2 aliphatic heterocycles. The van der Waals surface area contributed by atoms with E-state index in [2.05, 4.69) is 16.9 Å². The molecule has 0 unspecified atom stereocenters. The molecule has 0 spiro atoms. The van der Waals surface area contributed by atoms with E-state index in [1.54, 1.807) is 6.21 Å². The van der Waals surface area contributed by atoms with Gasteiger partial charge in [-0.25, -0.2) is 4.99 Å². The maximum atomic E-state index is 10.8. The molecule has 1 fully saturated rings. The number of amides is 1. The van der Waals surface area contributed by atoms with Crippen molar-refractivity contribution in [1.82, 2.24) is 4.90 Å². The van der Waals surface area contributed by atoms with Crippen LogP contribution >= 0.6 is 0 Å². The fraction of sp³-hybridized carbons (Fsp3) is 0.400. The highest BCUT2D eigenvalue weighted by molar-refractivity contribution is 6.03. The standard InChI is InChI=1S/C10H12N2O/c1-12-6-2-3-9(12)8-4-5-10(13)11-7-8/h4-5,7H,2-3,6H2,1H3. The molecule has 1 saturated heterocycles. The molecule has 0 aliphatic carbocycles. The normalized spacial score (nSPS) is 27.5. The zero-order valence-corrected chi connectivity index (χ0v) is 7.66. The zero-order valence-electron chi connectivity index (χ0n) is 7.66. The maximum Gasteiger partial charge on any atom is 0.269 e. The molecular formula is C10H12N2O. The summed E-state index contributed by atoms with van der Waals surface area (Å²) < 4.78 is 0. The van der Waals surface area contributed by atoms with Gasteiger partial charge < -0.3 is 4.90 Å². The fourth-order valence-corrected chi connectivity index (χ4v) is 1.73. The molecule has 0 aromatic rings.